The average Bonchev–Trinajstić information content (AvgIpc) is 2.83. The fraction of sp³-hybridized carbons (Fsp3) is 0.200. The van der Waals surface area contributed by atoms with Crippen molar-refractivity contribution in [2.45, 2.75) is 13.8 Å². The maximum absolute atomic E-state index is 11.0. The van der Waals surface area contributed by atoms with Crippen LogP contribution in [-0.2, 0) is 4.79 Å². The number of carbonyl (C=O) groups is 1. The summed E-state index contributed by atoms with van der Waals surface area (Å²) in [5.74, 6) is 0.548. The molecule has 5 heteroatoms. The molecule has 20 heavy (non-hydrogen) atoms. The van der Waals surface area contributed by atoms with Gasteiger partial charge in [-0.2, -0.15) is 5.10 Å². The van der Waals surface area contributed by atoms with Gasteiger partial charge in [0.25, 0.3) is 0 Å². The van der Waals surface area contributed by atoms with Crippen molar-refractivity contribution < 1.29 is 14.3 Å². The number of esters is 1. The quantitative estimate of drug-likeness (QED) is 0.686. The molecular formula is C15H16N2O3. The molecule has 104 valence electrons. The van der Waals surface area contributed by atoms with E-state index in [1.807, 2.05) is 31.2 Å². The van der Waals surface area contributed by atoms with Gasteiger partial charge in [0.05, 0.1) is 12.8 Å². The van der Waals surface area contributed by atoms with Crippen LogP contribution in [0.2, 0.25) is 0 Å². The molecule has 5 nitrogen and oxygen atoms in total. The highest BCUT2D eigenvalue weighted by atomic mass is 16.6. The van der Waals surface area contributed by atoms with E-state index in [4.69, 9.17) is 9.47 Å². The number of benzene rings is 1. The van der Waals surface area contributed by atoms with Gasteiger partial charge in [0.15, 0.2) is 11.5 Å². The number of ether oxygens (including phenoxy) is 2. The molecule has 1 aromatic carbocycles. The Morgan fingerprint density at radius 3 is 2.65 bits per heavy atom. The van der Waals surface area contributed by atoms with Gasteiger partial charge in [-0.1, -0.05) is 12.1 Å². The first kappa shape index (κ1) is 13.9. The van der Waals surface area contributed by atoms with Crippen molar-refractivity contribution >= 4 is 18.1 Å². The van der Waals surface area contributed by atoms with Crippen molar-refractivity contribution in [3.05, 3.63) is 41.2 Å². The zero-order chi connectivity index (χ0) is 14.5. The van der Waals surface area contributed by atoms with Gasteiger partial charge < -0.3 is 9.47 Å². The second kappa shape index (κ2) is 6.06. The van der Waals surface area contributed by atoms with Gasteiger partial charge >= 0.3 is 5.97 Å². The Morgan fingerprint density at radius 2 is 2.05 bits per heavy atom. The number of carbonyl (C=O) groups excluding carboxylic acids is 1. The molecule has 1 aromatic heterocycles. The number of hydrogen-bond acceptors (Lipinski definition) is 4. The van der Waals surface area contributed by atoms with Gasteiger partial charge in [-0.05, 0) is 36.8 Å². The first-order chi connectivity index (χ1) is 9.58. The van der Waals surface area contributed by atoms with Gasteiger partial charge in [0.1, 0.15) is 0 Å². The second-order valence-electron chi connectivity index (χ2n) is 4.31. The Labute approximate surface area is 117 Å². The molecule has 1 heterocycles. The molecule has 0 aliphatic rings. The van der Waals surface area contributed by atoms with Crippen molar-refractivity contribution in [3.8, 4) is 11.5 Å². The number of hydrogen-bond donors (Lipinski definition) is 1. The minimum Gasteiger partial charge on any atom is -0.493 e. The van der Waals surface area contributed by atoms with E-state index in [-0.39, 0.29) is 5.97 Å². The predicted octanol–water partition coefficient (Wildman–Crippen LogP) is 2.82. The number of methoxy groups -OCH3 is 1. The molecule has 2 aromatic rings. The highest BCUT2D eigenvalue weighted by Crippen LogP contribution is 2.28. The van der Waals surface area contributed by atoms with Gasteiger partial charge in [-0.15, -0.1) is 0 Å². The van der Waals surface area contributed by atoms with E-state index in [2.05, 4.69) is 10.2 Å². The smallest absolute Gasteiger partial charge is 0.308 e. The molecule has 0 aliphatic heterocycles. The first-order valence-corrected chi connectivity index (χ1v) is 6.15. The monoisotopic (exact) mass is 272 g/mol. The largest absolute Gasteiger partial charge is 0.493 e. The normalized spacial score (nSPS) is 10.8. The van der Waals surface area contributed by atoms with Crippen LogP contribution in [0.4, 0.5) is 0 Å². The zero-order valence-corrected chi connectivity index (χ0v) is 11.6. The molecule has 1 N–H and O–H groups in total. The maximum atomic E-state index is 11.0. The Bertz CT molecular complexity index is 644. The van der Waals surface area contributed by atoms with Crippen LogP contribution >= 0.6 is 0 Å². The predicted molar refractivity (Wildman–Crippen MR) is 76.6 cm³/mol. The SMILES string of the molecule is COc1cc(C=Cc2cc(C)[nH]n2)ccc1OC(C)=O. The number of aryl methyl sites for hydroxylation is 1. The van der Waals surface area contributed by atoms with Crippen LogP contribution in [0.5, 0.6) is 11.5 Å². The zero-order valence-electron chi connectivity index (χ0n) is 11.6. The van der Waals surface area contributed by atoms with E-state index in [9.17, 15) is 4.79 Å². The minimum atomic E-state index is -0.376. The molecule has 0 spiro atoms. The molecular weight excluding hydrogens is 256 g/mol. The van der Waals surface area contributed by atoms with Crippen LogP contribution in [0, 0.1) is 6.92 Å². The fourth-order valence-corrected chi connectivity index (χ4v) is 1.73. The number of nitrogens with one attached hydrogen (secondary N) is 1. The summed E-state index contributed by atoms with van der Waals surface area (Å²) in [5.41, 5.74) is 2.79. The number of aromatic nitrogens is 2. The van der Waals surface area contributed by atoms with E-state index in [1.54, 1.807) is 12.1 Å². The summed E-state index contributed by atoms with van der Waals surface area (Å²) in [5, 5.41) is 6.99. The van der Waals surface area contributed by atoms with Crippen LogP contribution in [0.1, 0.15) is 23.9 Å². The van der Waals surface area contributed by atoms with E-state index in [0.29, 0.717) is 11.5 Å². The average molecular weight is 272 g/mol. The lowest BCUT2D eigenvalue weighted by atomic mass is 10.1. The summed E-state index contributed by atoms with van der Waals surface area (Å²) in [4.78, 5) is 11.0. The molecule has 0 unspecified atom stereocenters. The third kappa shape index (κ3) is 3.47. The topological polar surface area (TPSA) is 64.2 Å². The van der Waals surface area contributed by atoms with E-state index in [1.165, 1.54) is 14.0 Å². The summed E-state index contributed by atoms with van der Waals surface area (Å²) in [6.07, 6.45) is 3.81. The Morgan fingerprint density at radius 1 is 1.25 bits per heavy atom. The third-order valence-electron chi connectivity index (χ3n) is 2.61. The van der Waals surface area contributed by atoms with Crippen LogP contribution in [0.15, 0.2) is 24.3 Å². The summed E-state index contributed by atoms with van der Waals surface area (Å²) >= 11 is 0. The van der Waals surface area contributed by atoms with Gasteiger partial charge in [-0.3, -0.25) is 9.89 Å². The highest BCUT2D eigenvalue weighted by molar-refractivity contribution is 5.72. The molecule has 0 amide bonds. The number of aromatic amines is 1. The van der Waals surface area contributed by atoms with E-state index in [0.717, 1.165) is 17.0 Å². The summed E-state index contributed by atoms with van der Waals surface area (Å²) < 4.78 is 10.3. The lowest BCUT2D eigenvalue weighted by Crippen LogP contribution is -2.02. The second-order valence-corrected chi connectivity index (χ2v) is 4.31. The Kier molecular flexibility index (Phi) is 4.20. The standard InChI is InChI=1S/C15H16N2O3/c1-10-8-13(17-16-10)6-4-12-5-7-14(20-11(2)18)15(9-12)19-3/h4-9H,1-3H3,(H,16,17). The number of nitrogens with zero attached hydrogens (tertiary/aromatic N) is 1. The third-order valence-corrected chi connectivity index (χ3v) is 2.61. The molecule has 0 atom stereocenters. The molecule has 0 fully saturated rings. The summed E-state index contributed by atoms with van der Waals surface area (Å²) in [6, 6.07) is 7.29. The van der Waals surface area contributed by atoms with E-state index < -0.39 is 0 Å². The molecule has 2 rings (SSSR count). The van der Waals surface area contributed by atoms with Crippen LogP contribution in [-0.4, -0.2) is 23.3 Å². The van der Waals surface area contributed by atoms with Crippen molar-refractivity contribution in [2.75, 3.05) is 7.11 Å². The van der Waals surface area contributed by atoms with Gasteiger partial charge in [-0.25, -0.2) is 0 Å². The highest BCUT2D eigenvalue weighted by Gasteiger charge is 2.06. The number of rotatable bonds is 4. The van der Waals surface area contributed by atoms with Crippen molar-refractivity contribution in [1.29, 1.82) is 0 Å². The molecule has 0 saturated carbocycles. The fourth-order valence-electron chi connectivity index (χ4n) is 1.73. The summed E-state index contributed by atoms with van der Waals surface area (Å²) in [7, 11) is 1.53. The van der Waals surface area contributed by atoms with Gasteiger partial charge in [0, 0.05) is 12.6 Å². The van der Waals surface area contributed by atoms with Crippen LogP contribution in [0.25, 0.3) is 12.2 Å². The van der Waals surface area contributed by atoms with Crippen LogP contribution < -0.4 is 9.47 Å². The van der Waals surface area contributed by atoms with Crippen LogP contribution in [0.3, 0.4) is 0 Å². The molecule has 0 bridgehead atoms. The number of H-pyrrole nitrogens is 1. The first-order valence-electron chi connectivity index (χ1n) is 6.15. The Hall–Kier alpha value is -2.56. The maximum Gasteiger partial charge on any atom is 0.308 e. The minimum absolute atomic E-state index is 0.376. The van der Waals surface area contributed by atoms with E-state index >= 15 is 0 Å². The molecule has 0 aliphatic carbocycles. The lowest BCUT2D eigenvalue weighted by molar-refractivity contribution is -0.132. The lowest BCUT2D eigenvalue weighted by Gasteiger charge is -2.08. The van der Waals surface area contributed by atoms with Crippen molar-refractivity contribution in [2.24, 2.45) is 0 Å². The molecule has 0 saturated heterocycles. The van der Waals surface area contributed by atoms with Crippen molar-refractivity contribution in [1.82, 2.24) is 10.2 Å². The van der Waals surface area contributed by atoms with Gasteiger partial charge in [0.2, 0.25) is 0 Å². The summed E-state index contributed by atoms with van der Waals surface area (Å²) in [6.45, 7) is 3.30. The Balaban J connectivity index is 2.21. The van der Waals surface area contributed by atoms with Crippen molar-refractivity contribution in [3.63, 3.8) is 0 Å². The molecule has 0 radical (unpaired) electrons.